The summed E-state index contributed by atoms with van der Waals surface area (Å²) in [5.74, 6) is 0.875. The Labute approximate surface area is 122 Å². The van der Waals surface area contributed by atoms with Crippen molar-refractivity contribution in [2.24, 2.45) is 0 Å². The van der Waals surface area contributed by atoms with Crippen LogP contribution in [0.1, 0.15) is 0 Å². The Hall–Kier alpha value is -2.48. The summed E-state index contributed by atoms with van der Waals surface area (Å²) in [6.45, 7) is 0. The molecule has 3 N–H and O–H groups in total. The fraction of sp³-hybridized carbons (Fsp3) is 0.154. The van der Waals surface area contributed by atoms with Crippen LogP contribution in [0.15, 0.2) is 41.6 Å². The van der Waals surface area contributed by atoms with Gasteiger partial charge >= 0.3 is 0 Å². The van der Waals surface area contributed by atoms with E-state index in [1.165, 1.54) is 32.5 Å². The van der Waals surface area contributed by atoms with E-state index >= 15 is 0 Å². The quantitative estimate of drug-likeness (QED) is 0.867. The smallest absolute Gasteiger partial charge is 0.281 e. The zero-order valence-corrected chi connectivity index (χ0v) is 12.3. The van der Waals surface area contributed by atoms with Gasteiger partial charge in [0.05, 0.1) is 25.6 Å². The lowest BCUT2D eigenvalue weighted by atomic mass is 10.3. The number of aromatic nitrogens is 1. The van der Waals surface area contributed by atoms with Crippen LogP contribution >= 0.6 is 0 Å². The molecule has 0 atom stereocenters. The Balaban J connectivity index is 2.40. The fourth-order valence-corrected chi connectivity index (χ4v) is 2.84. The number of hydrogen-bond donors (Lipinski definition) is 2. The summed E-state index contributed by atoms with van der Waals surface area (Å²) in [5, 5.41) is -0.233. The number of nitrogens with one attached hydrogen (secondary N) is 1. The standard InChI is InChI=1S/C13H15N3O4S/c1-19-9-5-6-11(12(8-9)20-2)16-21(17,18)13-10(14)4-3-7-15-13/h3-8,16H,14H2,1-2H3. The Morgan fingerprint density at radius 2 is 1.95 bits per heavy atom. The van der Waals surface area contributed by atoms with Gasteiger partial charge in [-0.15, -0.1) is 0 Å². The van der Waals surface area contributed by atoms with Crippen LogP contribution < -0.4 is 19.9 Å². The summed E-state index contributed by atoms with van der Waals surface area (Å²) in [4.78, 5) is 3.79. The molecular formula is C13H15N3O4S. The minimum atomic E-state index is -3.90. The first kappa shape index (κ1) is 14.9. The van der Waals surface area contributed by atoms with Crippen molar-refractivity contribution in [1.29, 1.82) is 0 Å². The molecule has 0 aliphatic rings. The molecule has 21 heavy (non-hydrogen) atoms. The topological polar surface area (TPSA) is 104 Å². The Kier molecular flexibility index (Phi) is 4.18. The second-order valence-corrected chi connectivity index (χ2v) is 5.67. The van der Waals surface area contributed by atoms with E-state index in [9.17, 15) is 8.42 Å². The third-order valence-corrected chi connectivity index (χ3v) is 4.05. The van der Waals surface area contributed by atoms with Gasteiger partial charge in [0.25, 0.3) is 10.0 Å². The van der Waals surface area contributed by atoms with Crippen LogP contribution in [0.3, 0.4) is 0 Å². The van der Waals surface area contributed by atoms with E-state index in [2.05, 4.69) is 9.71 Å². The van der Waals surface area contributed by atoms with Gasteiger partial charge < -0.3 is 15.2 Å². The molecular weight excluding hydrogens is 294 g/mol. The fourth-order valence-electron chi connectivity index (χ4n) is 1.70. The minimum absolute atomic E-state index is 0.0671. The molecule has 0 saturated carbocycles. The van der Waals surface area contributed by atoms with Crippen LogP contribution in [0.5, 0.6) is 11.5 Å². The highest BCUT2D eigenvalue weighted by Gasteiger charge is 2.20. The number of sulfonamides is 1. The summed E-state index contributed by atoms with van der Waals surface area (Å²) in [5.41, 5.74) is 5.98. The number of nitrogens with zero attached hydrogens (tertiary/aromatic N) is 1. The normalized spacial score (nSPS) is 11.0. The molecule has 0 saturated heterocycles. The molecule has 112 valence electrons. The van der Waals surface area contributed by atoms with Gasteiger partial charge in [-0.3, -0.25) is 4.72 Å². The number of pyridine rings is 1. The molecule has 0 unspecified atom stereocenters. The highest BCUT2D eigenvalue weighted by atomic mass is 32.2. The summed E-state index contributed by atoms with van der Waals surface area (Å²) < 4.78 is 37.2. The summed E-state index contributed by atoms with van der Waals surface area (Å²) in [6.07, 6.45) is 1.36. The molecule has 0 radical (unpaired) electrons. The number of nitrogen functional groups attached to an aromatic ring is 1. The molecule has 1 aromatic carbocycles. The van der Waals surface area contributed by atoms with Crippen molar-refractivity contribution < 1.29 is 17.9 Å². The molecule has 0 bridgehead atoms. The number of methoxy groups -OCH3 is 2. The first-order chi connectivity index (χ1) is 9.97. The summed E-state index contributed by atoms with van der Waals surface area (Å²) >= 11 is 0. The maximum Gasteiger partial charge on any atom is 0.281 e. The molecule has 0 aliphatic heterocycles. The summed E-state index contributed by atoms with van der Waals surface area (Å²) in [6, 6.07) is 7.74. The van der Waals surface area contributed by atoms with Gasteiger partial charge in [0.2, 0.25) is 0 Å². The van der Waals surface area contributed by atoms with Gasteiger partial charge in [0, 0.05) is 12.3 Å². The van der Waals surface area contributed by atoms with Crippen LogP contribution in [0.25, 0.3) is 0 Å². The van der Waals surface area contributed by atoms with Crippen molar-refractivity contribution in [3.63, 3.8) is 0 Å². The lowest BCUT2D eigenvalue weighted by molar-refractivity contribution is 0.395. The predicted molar refractivity (Wildman–Crippen MR) is 79.0 cm³/mol. The first-order valence-electron chi connectivity index (χ1n) is 5.93. The van der Waals surface area contributed by atoms with Gasteiger partial charge in [-0.1, -0.05) is 0 Å². The molecule has 8 heteroatoms. The Morgan fingerprint density at radius 1 is 1.19 bits per heavy atom. The number of nitrogens with two attached hydrogens (primary N) is 1. The maximum atomic E-state index is 12.3. The summed E-state index contributed by atoms with van der Waals surface area (Å²) in [7, 11) is -0.964. The van der Waals surface area contributed by atoms with E-state index in [4.69, 9.17) is 15.2 Å². The molecule has 1 heterocycles. The number of benzene rings is 1. The molecule has 2 rings (SSSR count). The van der Waals surface area contributed by atoms with E-state index < -0.39 is 10.0 Å². The average Bonchev–Trinajstić information content (AvgIpc) is 2.47. The lowest BCUT2D eigenvalue weighted by Crippen LogP contribution is -2.16. The van der Waals surface area contributed by atoms with Gasteiger partial charge in [-0.05, 0) is 24.3 Å². The SMILES string of the molecule is COc1ccc(NS(=O)(=O)c2ncccc2N)c(OC)c1. The number of hydrogen-bond acceptors (Lipinski definition) is 6. The number of ether oxygens (including phenoxy) is 2. The van der Waals surface area contributed by atoms with Crippen molar-refractivity contribution in [1.82, 2.24) is 4.98 Å². The Morgan fingerprint density at radius 3 is 2.57 bits per heavy atom. The molecule has 0 spiro atoms. The van der Waals surface area contributed by atoms with Crippen molar-refractivity contribution in [2.45, 2.75) is 5.03 Å². The third kappa shape index (κ3) is 3.16. The third-order valence-electron chi connectivity index (χ3n) is 2.71. The predicted octanol–water partition coefficient (Wildman–Crippen LogP) is 1.48. The van der Waals surface area contributed by atoms with E-state index in [-0.39, 0.29) is 16.4 Å². The zero-order valence-electron chi connectivity index (χ0n) is 11.5. The monoisotopic (exact) mass is 309 g/mol. The molecule has 7 nitrogen and oxygen atoms in total. The van der Waals surface area contributed by atoms with Crippen molar-refractivity contribution in [3.05, 3.63) is 36.5 Å². The van der Waals surface area contributed by atoms with Crippen LogP contribution in [-0.2, 0) is 10.0 Å². The second-order valence-electron chi connectivity index (χ2n) is 4.07. The largest absolute Gasteiger partial charge is 0.497 e. The number of anilines is 2. The van der Waals surface area contributed by atoms with Crippen LogP contribution in [0.2, 0.25) is 0 Å². The van der Waals surface area contributed by atoms with Gasteiger partial charge in [0.1, 0.15) is 11.5 Å². The van der Waals surface area contributed by atoms with E-state index in [0.717, 1.165) is 0 Å². The molecule has 1 aromatic heterocycles. The van der Waals surface area contributed by atoms with E-state index in [1.54, 1.807) is 18.2 Å². The molecule has 0 aliphatic carbocycles. The van der Waals surface area contributed by atoms with Gasteiger partial charge in [-0.25, -0.2) is 4.98 Å². The van der Waals surface area contributed by atoms with Gasteiger partial charge in [-0.2, -0.15) is 8.42 Å². The van der Waals surface area contributed by atoms with E-state index in [0.29, 0.717) is 11.5 Å². The maximum absolute atomic E-state index is 12.3. The minimum Gasteiger partial charge on any atom is -0.497 e. The zero-order chi connectivity index (χ0) is 15.5. The van der Waals surface area contributed by atoms with Crippen LogP contribution in [-0.4, -0.2) is 27.6 Å². The van der Waals surface area contributed by atoms with Crippen LogP contribution in [0.4, 0.5) is 11.4 Å². The highest BCUT2D eigenvalue weighted by Crippen LogP contribution is 2.31. The molecule has 2 aromatic rings. The number of rotatable bonds is 5. The average molecular weight is 309 g/mol. The van der Waals surface area contributed by atoms with Crippen LogP contribution in [0, 0.1) is 0 Å². The Bertz CT molecular complexity index is 747. The molecule has 0 fully saturated rings. The van der Waals surface area contributed by atoms with Crippen molar-refractivity contribution in [2.75, 3.05) is 24.7 Å². The van der Waals surface area contributed by atoms with Crippen molar-refractivity contribution in [3.8, 4) is 11.5 Å². The van der Waals surface area contributed by atoms with E-state index in [1.807, 2.05) is 0 Å². The van der Waals surface area contributed by atoms with Crippen molar-refractivity contribution >= 4 is 21.4 Å². The second kappa shape index (κ2) is 5.88. The first-order valence-corrected chi connectivity index (χ1v) is 7.41. The van der Waals surface area contributed by atoms with Gasteiger partial charge in [0.15, 0.2) is 5.03 Å². The molecule has 0 amide bonds. The lowest BCUT2D eigenvalue weighted by Gasteiger charge is -2.13. The highest BCUT2D eigenvalue weighted by molar-refractivity contribution is 7.92.